The van der Waals surface area contributed by atoms with Crippen LogP contribution in [0.1, 0.15) is 28.3 Å². The van der Waals surface area contributed by atoms with Crippen molar-refractivity contribution in [1.82, 2.24) is 4.90 Å². The molecular formula is C29H29ClN2O4. The lowest BCUT2D eigenvalue weighted by Gasteiger charge is -2.27. The number of ketones is 1. The van der Waals surface area contributed by atoms with Crippen molar-refractivity contribution in [2.75, 3.05) is 27.2 Å². The fourth-order valence-electron chi connectivity index (χ4n) is 4.26. The number of hydrogen-bond donors (Lipinski definition) is 1. The molecule has 1 heterocycles. The number of quaternary nitrogens is 1. The van der Waals surface area contributed by atoms with E-state index in [1.807, 2.05) is 39.2 Å². The second-order valence-corrected chi connectivity index (χ2v) is 9.72. The zero-order valence-corrected chi connectivity index (χ0v) is 21.3. The number of nitrogens with one attached hydrogen (secondary N) is 1. The number of hydrogen-bond acceptors (Lipinski definition) is 4. The van der Waals surface area contributed by atoms with Gasteiger partial charge in [0.2, 0.25) is 5.78 Å². The molecule has 1 fully saturated rings. The molecule has 0 radical (unpaired) electrons. The van der Waals surface area contributed by atoms with Gasteiger partial charge in [0, 0.05) is 10.6 Å². The van der Waals surface area contributed by atoms with E-state index < -0.39 is 23.5 Å². The number of nitrogens with zero attached hydrogens (tertiary/aromatic N) is 1. The molecule has 1 aliphatic heterocycles. The van der Waals surface area contributed by atoms with Crippen molar-refractivity contribution in [3.8, 4) is 5.75 Å². The number of Topliss-reactive ketones (excluding diaryl/α,β-unsaturated/α-hetero) is 1. The number of likely N-dealkylation sites (tertiary alicyclic amines) is 1. The molecule has 1 amide bonds. The first kappa shape index (κ1) is 25.5. The Labute approximate surface area is 216 Å². The number of carbonyl (C=O) groups excluding carboxylic acids is 2. The third kappa shape index (κ3) is 5.61. The molecule has 6 nitrogen and oxygen atoms in total. The van der Waals surface area contributed by atoms with Crippen molar-refractivity contribution >= 4 is 29.1 Å². The number of benzene rings is 3. The maximum atomic E-state index is 13.6. The summed E-state index contributed by atoms with van der Waals surface area (Å²) >= 11 is 6.06. The van der Waals surface area contributed by atoms with E-state index in [1.54, 1.807) is 48.5 Å². The number of likely N-dealkylation sites (N-methyl/N-ethyl adjacent to an activating group) is 1. The van der Waals surface area contributed by atoms with Gasteiger partial charge in [-0.1, -0.05) is 71.5 Å². The predicted molar refractivity (Wildman–Crippen MR) is 137 cm³/mol. The van der Waals surface area contributed by atoms with Crippen LogP contribution < -0.4 is 14.7 Å². The lowest BCUT2D eigenvalue weighted by atomic mass is 9.95. The van der Waals surface area contributed by atoms with Gasteiger partial charge in [-0.3, -0.25) is 9.59 Å². The van der Waals surface area contributed by atoms with Gasteiger partial charge in [0.05, 0.1) is 33.2 Å². The summed E-state index contributed by atoms with van der Waals surface area (Å²) in [5, 5.41) is 14.1. The fourth-order valence-corrected chi connectivity index (χ4v) is 4.39. The second kappa shape index (κ2) is 11.0. The van der Waals surface area contributed by atoms with Gasteiger partial charge in [-0.05, 0) is 47.9 Å². The average molecular weight is 505 g/mol. The first-order valence-electron chi connectivity index (χ1n) is 11.8. The average Bonchev–Trinajstić information content (AvgIpc) is 3.11. The molecule has 3 aromatic carbocycles. The smallest absolute Gasteiger partial charge is 0.295 e. The van der Waals surface area contributed by atoms with Gasteiger partial charge in [0.25, 0.3) is 5.91 Å². The molecule has 1 saturated heterocycles. The Morgan fingerprint density at radius 2 is 1.72 bits per heavy atom. The fraction of sp³-hybridized carbons (Fsp3) is 0.241. The lowest BCUT2D eigenvalue weighted by molar-refractivity contribution is -0.857. The SMILES string of the molecule is Cc1cccc(COc2ccc(/C([O-])=C3\C(=O)C(=O)N(CC[NH+](C)C)C3c3ccc(Cl)cc3)cc2)c1. The van der Waals surface area contributed by atoms with E-state index in [1.165, 1.54) is 4.90 Å². The molecule has 4 rings (SSSR count). The van der Waals surface area contributed by atoms with Crippen molar-refractivity contribution in [3.63, 3.8) is 0 Å². The van der Waals surface area contributed by atoms with Gasteiger partial charge in [0.15, 0.2) is 0 Å². The lowest BCUT2D eigenvalue weighted by Crippen LogP contribution is -3.06. The highest BCUT2D eigenvalue weighted by Crippen LogP contribution is 2.38. The Morgan fingerprint density at radius 1 is 1.03 bits per heavy atom. The minimum absolute atomic E-state index is 0.0375. The number of aryl methyl sites for hydroxylation is 1. The van der Waals surface area contributed by atoms with Crippen LogP contribution in [0.25, 0.3) is 5.76 Å². The van der Waals surface area contributed by atoms with Gasteiger partial charge in [-0.25, -0.2) is 0 Å². The van der Waals surface area contributed by atoms with Crippen molar-refractivity contribution in [2.45, 2.75) is 19.6 Å². The van der Waals surface area contributed by atoms with Gasteiger partial charge in [0.1, 0.15) is 12.4 Å². The molecule has 0 aliphatic carbocycles. The summed E-state index contributed by atoms with van der Waals surface area (Å²) in [5.41, 5.74) is 3.17. The second-order valence-electron chi connectivity index (χ2n) is 9.28. The van der Waals surface area contributed by atoms with Crippen molar-refractivity contribution < 1.29 is 24.3 Å². The van der Waals surface area contributed by atoms with E-state index in [2.05, 4.69) is 6.07 Å². The van der Waals surface area contributed by atoms with Crippen LogP contribution in [0.3, 0.4) is 0 Å². The van der Waals surface area contributed by atoms with Crippen LogP contribution >= 0.6 is 11.6 Å². The summed E-state index contributed by atoms with van der Waals surface area (Å²) in [4.78, 5) is 28.7. The number of halogens is 1. The normalized spacial score (nSPS) is 17.1. The Hall–Kier alpha value is -3.61. The summed E-state index contributed by atoms with van der Waals surface area (Å²) in [6.45, 7) is 3.41. The minimum Gasteiger partial charge on any atom is -0.872 e. The highest BCUT2D eigenvalue weighted by molar-refractivity contribution is 6.46. The van der Waals surface area contributed by atoms with Crippen LogP contribution in [0, 0.1) is 6.92 Å². The van der Waals surface area contributed by atoms with Crippen LogP contribution in [0.5, 0.6) is 5.75 Å². The zero-order chi connectivity index (χ0) is 25.8. The maximum absolute atomic E-state index is 13.6. The molecule has 1 aliphatic rings. The van der Waals surface area contributed by atoms with Crippen LogP contribution in [0.15, 0.2) is 78.4 Å². The van der Waals surface area contributed by atoms with E-state index in [9.17, 15) is 14.7 Å². The third-order valence-electron chi connectivity index (χ3n) is 6.17. The standard InChI is InChI=1S/C29H29ClN2O4/c1-19-5-4-6-20(17-19)18-36-24-13-9-22(10-14-24)27(33)25-26(21-7-11-23(30)12-8-21)32(16-15-31(2)3)29(35)28(25)34/h4-14,17,26,33H,15-16,18H2,1-3H3/b27-25+. The van der Waals surface area contributed by atoms with Gasteiger partial charge in [-0.2, -0.15) is 0 Å². The van der Waals surface area contributed by atoms with Crippen molar-refractivity contribution in [1.29, 1.82) is 0 Å². The highest BCUT2D eigenvalue weighted by Gasteiger charge is 2.44. The topological polar surface area (TPSA) is 74.1 Å². The summed E-state index contributed by atoms with van der Waals surface area (Å²) in [6.07, 6.45) is 0. The number of ether oxygens (including phenoxy) is 1. The first-order valence-corrected chi connectivity index (χ1v) is 12.2. The van der Waals surface area contributed by atoms with Crippen LogP contribution in [-0.4, -0.2) is 43.8 Å². The van der Waals surface area contributed by atoms with Gasteiger partial charge < -0.3 is 19.6 Å². The molecule has 0 aromatic heterocycles. The summed E-state index contributed by atoms with van der Waals surface area (Å²) in [6, 6.07) is 20.9. The molecule has 7 heteroatoms. The summed E-state index contributed by atoms with van der Waals surface area (Å²) in [7, 11) is 3.94. The molecule has 1 atom stereocenters. The van der Waals surface area contributed by atoms with E-state index >= 15 is 0 Å². The zero-order valence-electron chi connectivity index (χ0n) is 20.6. The molecule has 0 bridgehead atoms. The van der Waals surface area contributed by atoms with Gasteiger partial charge in [-0.15, -0.1) is 0 Å². The Morgan fingerprint density at radius 3 is 2.36 bits per heavy atom. The Kier molecular flexibility index (Phi) is 7.77. The molecular weight excluding hydrogens is 476 g/mol. The minimum atomic E-state index is -0.758. The number of rotatable bonds is 8. The Bertz CT molecular complexity index is 1280. The molecule has 36 heavy (non-hydrogen) atoms. The molecule has 3 aromatic rings. The molecule has 1 N–H and O–H groups in total. The van der Waals surface area contributed by atoms with Gasteiger partial charge >= 0.3 is 0 Å². The van der Waals surface area contributed by atoms with Crippen molar-refractivity contribution in [3.05, 3.63) is 106 Å². The van der Waals surface area contributed by atoms with E-state index in [0.29, 0.717) is 41.6 Å². The Balaban J connectivity index is 1.64. The molecule has 0 spiro atoms. The summed E-state index contributed by atoms with van der Waals surface area (Å²) < 4.78 is 5.86. The quantitative estimate of drug-likeness (QED) is 0.291. The maximum Gasteiger partial charge on any atom is 0.295 e. The highest BCUT2D eigenvalue weighted by atomic mass is 35.5. The van der Waals surface area contributed by atoms with Crippen molar-refractivity contribution in [2.24, 2.45) is 0 Å². The monoisotopic (exact) mass is 504 g/mol. The third-order valence-corrected chi connectivity index (χ3v) is 6.42. The molecule has 186 valence electrons. The van der Waals surface area contributed by atoms with Crippen LogP contribution in [0.4, 0.5) is 0 Å². The van der Waals surface area contributed by atoms with E-state index in [0.717, 1.165) is 16.0 Å². The molecule has 0 saturated carbocycles. The summed E-state index contributed by atoms with van der Waals surface area (Å²) in [5.74, 6) is -1.26. The largest absolute Gasteiger partial charge is 0.872 e. The van der Waals surface area contributed by atoms with Crippen LogP contribution in [-0.2, 0) is 16.2 Å². The molecule has 1 unspecified atom stereocenters. The number of amides is 1. The first-order chi connectivity index (χ1) is 17.2. The predicted octanol–water partition coefficient (Wildman–Crippen LogP) is 2.60. The van der Waals surface area contributed by atoms with E-state index in [-0.39, 0.29) is 5.57 Å². The number of carbonyl (C=O) groups is 2. The van der Waals surface area contributed by atoms with Crippen LogP contribution in [0.2, 0.25) is 5.02 Å². The van der Waals surface area contributed by atoms with E-state index in [4.69, 9.17) is 16.3 Å².